The SMILES string of the molecule is COc1cccc(NC(=O)C(C)CC#N)c1. The maximum absolute atomic E-state index is 11.6. The summed E-state index contributed by atoms with van der Waals surface area (Å²) >= 11 is 0. The van der Waals surface area contributed by atoms with Gasteiger partial charge in [-0.2, -0.15) is 5.26 Å². The number of nitriles is 1. The number of nitrogens with zero attached hydrogens (tertiary/aromatic N) is 1. The van der Waals surface area contributed by atoms with Gasteiger partial charge in [-0.1, -0.05) is 13.0 Å². The number of hydrogen-bond acceptors (Lipinski definition) is 3. The van der Waals surface area contributed by atoms with Gasteiger partial charge in [0, 0.05) is 24.1 Å². The molecule has 0 saturated heterocycles. The Morgan fingerprint density at radius 2 is 2.38 bits per heavy atom. The molecule has 1 rings (SSSR count). The van der Waals surface area contributed by atoms with Gasteiger partial charge in [0.25, 0.3) is 0 Å². The van der Waals surface area contributed by atoms with E-state index < -0.39 is 0 Å². The number of benzene rings is 1. The third-order valence-electron chi connectivity index (χ3n) is 2.18. The van der Waals surface area contributed by atoms with Crippen LogP contribution in [0.2, 0.25) is 0 Å². The third kappa shape index (κ3) is 3.28. The van der Waals surface area contributed by atoms with Gasteiger partial charge < -0.3 is 10.1 Å². The van der Waals surface area contributed by atoms with Crippen LogP contribution in [0.25, 0.3) is 0 Å². The van der Waals surface area contributed by atoms with E-state index in [9.17, 15) is 4.79 Å². The Morgan fingerprint density at radius 1 is 1.62 bits per heavy atom. The van der Waals surface area contributed by atoms with Crippen LogP contribution < -0.4 is 10.1 Å². The Morgan fingerprint density at radius 3 is 3.00 bits per heavy atom. The van der Waals surface area contributed by atoms with Crippen LogP contribution in [0.1, 0.15) is 13.3 Å². The van der Waals surface area contributed by atoms with Crippen LogP contribution in [-0.2, 0) is 4.79 Å². The molecule has 0 spiro atoms. The minimum Gasteiger partial charge on any atom is -0.497 e. The predicted molar refractivity (Wildman–Crippen MR) is 61.0 cm³/mol. The zero-order chi connectivity index (χ0) is 12.0. The first-order valence-corrected chi connectivity index (χ1v) is 4.99. The second kappa shape index (κ2) is 5.76. The molecule has 0 fully saturated rings. The van der Waals surface area contributed by atoms with Crippen molar-refractivity contribution in [1.29, 1.82) is 5.26 Å². The second-order valence-electron chi connectivity index (χ2n) is 3.48. The molecule has 16 heavy (non-hydrogen) atoms. The molecule has 1 aromatic carbocycles. The van der Waals surface area contributed by atoms with Gasteiger partial charge in [-0.15, -0.1) is 0 Å². The van der Waals surface area contributed by atoms with Crippen LogP contribution in [0.5, 0.6) is 5.75 Å². The van der Waals surface area contributed by atoms with E-state index in [4.69, 9.17) is 10.00 Å². The fourth-order valence-corrected chi connectivity index (χ4v) is 1.20. The third-order valence-corrected chi connectivity index (χ3v) is 2.18. The van der Waals surface area contributed by atoms with E-state index in [0.29, 0.717) is 11.4 Å². The van der Waals surface area contributed by atoms with E-state index in [0.717, 1.165) is 0 Å². The minimum absolute atomic E-state index is 0.158. The predicted octanol–water partition coefficient (Wildman–Crippen LogP) is 2.18. The molecule has 0 radical (unpaired) electrons. The van der Waals surface area contributed by atoms with Crippen molar-refractivity contribution >= 4 is 11.6 Å². The van der Waals surface area contributed by atoms with E-state index in [2.05, 4.69) is 5.32 Å². The normalized spacial score (nSPS) is 11.3. The topological polar surface area (TPSA) is 62.1 Å². The van der Waals surface area contributed by atoms with Crippen molar-refractivity contribution in [3.8, 4) is 11.8 Å². The number of amides is 1. The van der Waals surface area contributed by atoms with Crippen molar-refractivity contribution in [3.05, 3.63) is 24.3 Å². The summed E-state index contributed by atoms with van der Waals surface area (Å²) in [5.74, 6) is 0.219. The van der Waals surface area contributed by atoms with Gasteiger partial charge in [0.15, 0.2) is 0 Å². The number of methoxy groups -OCH3 is 1. The van der Waals surface area contributed by atoms with Crippen molar-refractivity contribution in [2.75, 3.05) is 12.4 Å². The van der Waals surface area contributed by atoms with Crippen molar-refractivity contribution in [1.82, 2.24) is 0 Å². The number of hydrogen-bond donors (Lipinski definition) is 1. The molecule has 1 atom stereocenters. The van der Waals surface area contributed by atoms with E-state index in [1.54, 1.807) is 38.3 Å². The molecule has 0 aliphatic carbocycles. The quantitative estimate of drug-likeness (QED) is 0.842. The largest absolute Gasteiger partial charge is 0.497 e. The number of rotatable bonds is 4. The standard InChI is InChI=1S/C12H14N2O2/c1-9(6-7-13)12(15)14-10-4-3-5-11(8-10)16-2/h3-5,8-9H,6H2,1-2H3,(H,14,15). The van der Waals surface area contributed by atoms with Crippen molar-refractivity contribution in [3.63, 3.8) is 0 Å². The molecule has 1 amide bonds. The fraction of sp³-hybridized carbons (Fsp3) is 0.333. The molecular formula is C12H14N2O2. The van der Waals surface area contributed by atoms with Gasteiger partial charge >= 0.3 is 0 Å². The van der Waals surface area contributed by atoms with Crippen LogP contribution in [-0.4, -0.2) is 13.0 Å². The molecule has 84 valence electrons. The Kier molecular flexibility index (Phi) is 4.34. The molecule has 0 heterocycles. The molecule has 0 aliphatic rings. The van der Waals surface area contributed by atoms with Crippen molar-refractivity contribution in [2.45, 2.75) is 13.3 Å². The molecule has 0 saturated carbocycles. The number of ether oxygens (including phenoxy) is 1. The first-order chi connectivity index (χ1) is 7.67. The van der Waals surface area contributed by atoms with E-state index >= 15 is 0 Å². The highest BCUT2D eigenvalue weighted by Gasteiger charge is 2.12. The smallest absolute Gasteiger partial charge is 0.228 e. The molecule has 4 heteroatoms. The zero-order valence-electron chi connectivity index (χ0n) is 9.36. The summed E-state index contributed by atoms with van der Waals surface area (Å²) in [5, 5.41) is 11.2. The summed E-state index contributed by atoms with van der Waals surface area (Å²) in [6.45, 7) is 1.72. The molecule has 4 nitrogen and oxygen atoms in total. The van der Waals surface area contributed by atoms with E-state index in [-0.39, 0.29) is 18.2 Å². The molecule has 1 aromatic rings. The van der Waals surface area contributed by atoms with Crippen LogP contribution in [0.4, 0.5) is 5.69 Å². The second-order valence-corrected chi connectivity index (χ2v) is 3.48. The lowest BCUT2D eigenvalue weighted by atomic mass is 10.1. The molecule has 0 bridgehead atoms. The summed E-state index contributed by atoms with van der Waals surface area (Å²) in [7, 11) is 1.57. The minimum atomic E-state index is -0.309. The zero-order valence-corrected chi connectivity index (χ0v) is 9.36. The summed E-state index contributed by atoms with van der Waals surface area (Å²) < 4.78 is 5.04. The van der Waals surface area contributed by atoms with E-state index in [1.165, 1.54) is 0 Å². The van der Waals surface area contributed by atoms with Crippen molar-refractivity contribution < 1.29 is 9.53 Å². The van der Waals surface area contributed by atoms with Crippen LogP contribution in [0.15, 0.2) is 24.3 Å². The number of carbonyl (C=O) groups is 1. The van der Waals surface area contributed by atoms with Gasteiger partial charge in [-0.3, -0.25) is 4.79 Å². The average molecular weight is 218 g/mol. The maximum Gasteiger partial charge on any atom is 0.228 e. The first-order valence-electron chi connectivity index (χ1n) is 4.99. The summed E-state index contributed by atoms with van der Waals surface area (Å²) in [5.41, 5.74) is 0.675. The van der Waals surface area contributed by atoms with Gasteiger partial charge in [0.2, 0.25) is 5.91 Å². The van der Waals surface area contributed by atoms with Gasteiger partial charge in [0.05, 0.1) is 13.2 Å². The number of carbonyl (C=O) groups excluding carboxylic acids is 1. The highest BCUT2D eigenvalue weighted by Crippen LogP contribution is 2.17. The lowest BCUT2D eigenvalue weighted by molar-refractivity contribution is -0.119. The van der Waals surface area contributed by atoms with Crippen LogP contribution in [0, 0.1) is 17.2 Å². The Hall–Kier alpha value is -2.02. The van der Waals surface area contributed by atoms with Crippen LogP contribution >= 0.6 is 0 Å². The maximum atomic E-state index is 11.6. The molecular weight excluding hydrogens is 204 g/mol. The van der Waals surface area contributed by atoms with Gasteiger partial charge in [-0.25, -0.2) is 0 Å². The van der Waals surface area contributed by atoms with Gasteiger partial charge in [-0.05, 0) is 12.1 Å². The molecule has 0 aliphatic heterocycles. The summed E-state index contributed by atoms with van der Waals surface area (Å²) in [6, 6.07) is 9.08. The monoisotopic (exact) mass is 218 g/mol. The van der Waals surface area contributed by atoms with Gasteiger partial charge in [0.1, 0.15) is 5.75 Å². The molecule has 1 unspecified atom stereocenters. The Bertz CT molecular complexity index is 410. The lowest BCUT2D eigenvalue weighted by Crippen LogP contribution is -2.19. The van der Waals surface area contributed by atoms with Crippen LogP contribution in [0.3, 0.4) is 0 Å². The van der Waals surface area contributed by atoms with Crippen molar-refractivity contribution in [2.24, 2.45) is 5.92 Å². The Balaban J connectivity index is 2.66. The first kappa shape index (κ1) is 12.1. The molecule has 1 N–H and O–H groups in total. The summed E-state index contributed by atoms with van der Waals surface area (Å²) in [6.07, 6.45) is 0.218. The fourth-order valence-electron chi connectivity index (χ4n) is 1.20. The lowest BCUT2D eigenvalue weighted by Gasteiger charge is -2.09. The summed E-state index contributed by atoms with van der Waals surface area (Å²) in [4.78, 5) is 11.6. The van der Waals surface area contributed by atoms with E-state index in [1.807, 2.05) is 6.07 Å². The molecule has 0 aromatic heterocycles. The average Bonchev–Trinajstić information content (AvgIpc) is 2.29. The highest BCUT2D eigenvalue weighted by molar-refractivity contribution is 5.92. The number of anilines is 1. The number of nitrogens with one attached hydrogen (secondary N) is 1. The highest BCUT2D eigenvalue weighted by atomic mass is 16.5. The Labute approximate surface area is 94.8 Å².